The summed E-state index contributed by atoms with van der Waals surface area (Å²) in [6.07, 6.45) is 1.66. The molecule has 0 aliphatic rings. The minimum atomic E-state index is -0.966. The highest BCUT2D eigenvalue weighted by Crippen LogP contribution is 2.18. The molecule has 0 saturated heterocycles. The number of benzene rings is 2. The SMILES string of the molecule is CC(C)(C)Oc1ccc(C=NNc2cccc(C(=O)O)c2)cc1. The molecule has 0 radical (unpaired) electrons. The fraction of sp³-hybridized carbons (Fsp3) is 0.222. The summed E-state index contributed by atoms with van der Waals surface area (Å²) in [5.74, 6) is -0.163. The van der Waals surface area contributed by atoms with Crippen LogP contribution in [0.3, 0.4) is 0 Å². The minimum absolute atomic E-state index is 0.217. The van der Waals surface area contributed by atoms with Crippen LogP contribution in [0.1, 0.15) is 36.7 Å². The van der Waals surface area contributed by atoms with Gasteiger partial charge in [0.15, 0.2) is 0 Å². The Bertz CT molecular complexity index is 701. The molecule has 0 unspecified atom stereocenters. The lowest BCUT2D eigenvalue weighted by molar-refractivity contribution is 0.0697. The summed E-state index contributed by atoms with van der Waals surface area (Å²) in [4.78, 5) is 10.9. The number of carboxylic acid groups (broad SMARTS) is 1. The molecule has 2 N–H and O–H groups in total. The van der Waals surface area contributed by atoms with E-state index in [1.807, 2.05) is 45.0 Å². The Labute approximate surface area is 135 Å². The summed E-state index contributed by atoms with van der Waals surface area (Å²) in [5.41, 5.74) is 4.33. The highest BCUT2D eigenvalue weighted by molar-refractivity contribution is 5.88. The Balaban J connectivity index is 1.98. The lowest BCUT2D eigenvalue weighted by atomic mass is 10.2. The Morgan fingerprint density at radius 3 is 2.48 bits per heavy atom. The van der Waals surface area contributed by atoms with Crippen molar-refractivity contribution >= 4 is 17.9 Å². The number of nitrogens with one attached hydrogen (secondary N) is 1. The maximum absolute atomic E-state index is 10.9. The topological polar surface area (TPSA) is 70.9 Å². The number of rotatable bonds is 5. The van der Waals surface area contributed by atoms with Gasteiger partial charge >= 0.3 is 5.97 Å². The number of aromatic carboxylic acids is 1. The third-order valence-electron chi connectivity index (χ3n) is 2.82. The van der Waals surface area contributed by atoms with Gasteiger partial charge in [0.25, 0.3) is 0 Å². The van der Waals surface area contributed by atoms with Crippen molar-refractivity contribution in [2.45, 2.75) is 26.4 Å². The second kappa shape index (κ2) is 6.96. The van der Waals surface area contributed by atoms with Crippen molar-refractivity contribution in [2.24, 2.45) is 5.10 Å². The van der Waals surface area contributed by atoms with Gasteiger partial charge in [0.05, 0.1) is 17.5 Å². The molecular formula is C18H20N2O3. The molecule has 0 heterocycles. The van der Waals surface area contributed by atoms with Gasteiger partial charge in [0.2, 0.25) is 0 Å². The van der Waals surface area contributed by atoms with Crippen LogP contribution < -0.4 is 10.2 Å². The lowest BCUT2D eigenvalue weighted by Gasteiger charge is -2.21. The highest BCUT2D eigenvalue weighted by Gasteiger charge is 2.11. The van der Waals surface area contributed by atoms with Gasteiger partial charge in [0, 0.05) is 0 Å². The fourth-order valence-electron chi connectivity index (χ4n) is 1.88. The van der Waals surface area contributed by atoms with Gasteiger partial charge in [-0.15, -0.1) is 0 Å². The Kier molecular flexibility index (Phi) is 5.01. The summed E-state index contributed by atoms with van der Waals surface area (Å²) in [6, 6.07) is 14.1. The van der Waals surface area contributed by atoms with Gasteiger partial charge in [-0.1, -0.05) is 6.07 Å². The number of hydrogen-bond acceptors (Lipinski definition) is 4. The molecule has 2 aromatic rings. The standard InChI is InChI=1S/C18H20N2O3/c1-18(2,3)23-16-9-7-13(8-10-16)12-19-20-15-6-4-5-14(11-15)17(21)22/h4-12,20H,1-3H3,(H,21,22). The first-order valence-corrected chi connectivity index (χ1v) is 7.25. The van der Waals surface area contributed by atoms with Gasteiger partial charge in [-0.2, -0.15) is 5.10 Å². The zero-order valence-corrected chi connectivity index (χ0v) is 13.4. The van der Waals surface area contributed by atoms with Gasteiger partial charge in [0.1, 0.15) is 11.4 Å². The summed E-state index contributed by atoms with van der Waals surface area (Å²) >= 11 is 0. The third kappa shape index (κ3) is 5.47. The molecular weight excluding hydrogens is 292 g/mol. The van der Waals surface area contributed by atoms with E-state index in [9.17, 15) is 4.79 Å². The predicted octanol–water partition coefficient (Wildman–Crippen LogP) is 4.01. The molecule has 0 aromatic heterocycles. The molecule has 0 bridgehead atoms. The van der Waals surface area contributed by atoms with E-state index in [0.29, 0.717) is 5.69 Å². The van der Waals surface area contributed by atoms with E-state index >= 15 is 0 Å². The Morgan fingerprint density at radius 2 is 1.87 bits per heavy atom. The third-order valence-corrected chi connectivity index (χ3v) is 2.82. The van der Waals surface area contributed by atoms with Gasteiger partial charge in [-0.25, -0.2) is 4.79 Å². The number of hydrogen-bond donors (Lipinski definition) is 2. The van der Waals surface area contributed by atoms with Crippen LogP contribution in [-0.2, 0) is 0 Å². The summed E-state index contributed by atoms with van der Waals surface area (Å²) in [5, 5.41) is 13.0. The monoisotopic (exact) mass is 312 g/mol. The van der Waals surface area contributed by atoms with Crippen molar-refractivity contribution < 1.29 is 14.6 Å². The molecule has 0 atom stereocenters. The van der Waals surface area contributed by atoms with E-state index in [2.05, 4.69) is 10.5 Å². The first-order valence-electron chi connectivity index (χ1n) is 7.25. The maximum atomic E-state index is 10.9. The molecule has 23 heavy (non-hydrogen) atoms. The zero-order chi connectivity index (χ0) is 16.9. The number of hydrazone groups is 1. The molecule has 0 aliphatic heterocycles. The van der Waals surface area contributed by atoms with Crippen LogP contribution in [0.15, 0.2) is 53.6 Å². The van der Waals surface area contributed by atoms with Crippen molar-refractivity contribution in [3.63, 3.8) is 0 Å². The van der Waals surface area contributed by atoms with E-state index in [1.54, 1.807) is 18.3 Å². The lowest BCUT2D eigenvalue weighted by Crippen LogP contribution is -2.22. The Morgan fingerprint density at radius 1 is 1.17 bits per heavy atom. The summed E-state index contributed by atoms with van der Waals surface area (Å²) < 4.78 is 5.75. The van der Waals surface area contributed by atoms with Crippen LogP contribution in [0, 0.1) is 0 Å². The van der Waals surface area contributed by atoms with Crippen molar-refractivity contribution in [3.05, 3.63) is 59.7 Å². The molecule has 0 saturated carbocycles. The first-order chi connectivity index (χ1) is 10.8. The van der Waals surface area contributed by atoms with Crippen LogP contribution in [-0.4, -0.2) is 22.9 Å². The van der Waals surface area contributed by atoms with Gasteiger partial charge in [-0.3, -0.25) is 5.43 Å². The average Bonchev–Trinajstić information content (AvgIpc) is 2.48. The Hall–Kier alpha value is -2.82. The molecule has 0 spiro atoms. The second-order valence-corrected chi connectivity index (χ2v) is 6.04. The highest BCUT2D eigenvalue weighted by atomic mass is 16.5. The quantitative estimate of drug-likeness (QED) is 0.646. The normalized spacial score (nSPS) is 11.4. The van der Waals surface area contributed by atoms with E-state index in [-0.39, 0.29) is 11.2 Å². The van der Waals surface area contributed by atoms with Gasteiger partial charge in [-0.05, 0) is 68.8 Å². The number of nitrogens with zero attached hydrogens (tertiary/aromatic N) is 1. The molecule has 0 fully saturated rings. The van der Waals surface area contributed by atoms with Crippen LogP contribution in [0.4, 0.5) is 5.69 Å². The first kappa shape index (κ1) is 16.5. The van der Waals surface area contributed by atoms with E-state index < -0.39 is 5.97 Å². The van der Waals surface area contributed by atoms with E-state index in [1.165, 1.54) is 12.1 Å². The smallest absolute Gasteiger partial charge is 0.335 e. The minimum Gasteiger partial charge on any atom is -0.488 e. The number of carboxylic acids is 1. The molecule has 2 rings (SSSR count). The number of anilines is 1. The van der Waals surface area contributed by atoms with Gasteiger partial charge < -0.3 is 9.84 Å². The van der Waals surface area contributed by atoms with Crippen LogP contribution in [0.2, 0.25) is 0 Å². The van der Waals surface area contributed by atoms with Crippen LogP contribution >= 0.6 is 0 Å². The van der Waals surface area contributed by atoms with Crippen LogP contribution in [0.25, 0.3) is 0 Å². The van der Waals surface area contributed by atoms with Crippen LogP contribution in [0.5, 0.6) is 5.75 Å². The average molecular weight is 312 g/mol. The molecule has 5 nitrogen and oxygen atoms in total. The van der Waals surface area contributed by atoms with E-state index in [0.717, 1.165) is 11.3 Å². The number of carbonyl (C=O) groups is 1. The van der Waals surface area contributed by atoms with Crippen molar-refractivity contribution in [1.82, 2.24) is 0 Å². The molecule has 5 heteroatoms. The van der Waals surface area contributed by atoms with E-state index in [4.69, 9.17) is 9.84 Å². The molecule has 0 aliphatic carbocycles. The second-order valence-electron chi connectivity index (χ2n) is 6.04. The fourth-order valence-corrected chi connectivity index (χ4v) is 1.88. The van der Waals surface area contributed by atoms with Crippen molar-refractivity contribution in [1.29, 1.82) is 0 Å². The number of ether oxygens (including phenoxy) is 1. The largest absolute Gasteiger partial charge is 0.488 e. The maximum Gasteiger partial charge on any atom is 0.335 e. The summed E-state index contributed by atoms with van der Waals surface area (Å²) in [7, 11) is 0. The van der Waals surface area contributed by atoms with Crippen molar-refractivity contribution in [3.8, 4) is 5.75 Å². The zero-order valence-electron chi connectivity index (χ0n) is 13.4. The predicted molar refractivity (Wildman–Crippen MR) is 91.4 cm³/mol. The molecule has 2 aromatic carbocycles. The molecule has 0 amide bonds. The molecule has 120 valence electrons. The summed E-state index contributed by atoms with van der Waals surface area (Å²) in [6.45, 7) is 5.99. The van der Waals surface area contributed by atoms with Crippen molar-refractivity contribution in [2.75, 3.05) is 5.43 Å².